The maximum absolute atomic E-state index is 12.8. The Morgan fingerprint density at radius 1 is 1.28 bits per heavy atom. The molecule has 1 aliphatic rings. The molecule has 5 nitrogen and oxygen atoms in total. The van der Waals surface area contributed by atoms with Gasteiger partial charge in [-0.15, -0.1) is 0 Å². The van der Waals surface area contributed by atoms with E-state index in [0.717, 1.165) is 34.3 Å². The molecule has 2 aromatic heterocycles. The molecule has 1 aliphatic carbocycles. The van der Waals surface area contributed by atoms with Crippen molar-refractivity contribution in [2.24, 2.45) is 0 Å². The Morgan fingerprint density at radius 2 is 2.00 bits per heavy atom. The zero-order valence-corrected chi connectivity index (χ0v) is 16.6. The van der Waals surface area contributed by atoms with Crippen LogP contribution in [0.5, 0.6) is 0 Å². The Kier molecular flexibility index (Phi) is 5.39. The summed E-state index contributed by atoms with van der Waals surface area (Å²) in [5.41, 5.74) is 5.32. The number of ether oxygens (including phenoxy) is 1. The van der Waals surface area contributed by atoms with Crippen LogP contribution >= 0.6 is 11.8 Å². The highest BCUT2D eigenvalue weighted by Crippen LogP contribution is 2.38. The van der Waals surface area contributed by atoms with Crippen LogP contribution in [0.25, 0.3) is 0 Å². The molecule has 3 rings (SSSR count). The molecule has 1 fully saturated rings. The number of thioether (sulfide) groups is 1. The van der Waals surface area contributed by atoms with Crippen LogP contribution in [0.15, 0.2) is 11.2 Å². The first kappa shape index (κ1) is 18.3. The van der Waals surface area contributed by atoms with Crippen molar-refractivity contribution in [2.45, 2.75) is 58.3 Å². The van der Waals surface area contributed by atoms with Gasteiger partial charge >= 0.3 is 0 Å². The Labute approximate surface area is 153 Å². The van der Waals surface area contributed by atoms with E-state index < -0.39 is 0 Å². The van der Waals surface area contributed by atoms with Crippen LogP contribution in [0.2, 0.25) is 0 Å². The molecule has 0 amide bonds. The van der Waals surface area contributed by atoms with Crippen LogP contribution in [-0.4, -0.2) is 39.4 Å². The number of imidazole rings is 1. The third-order valence-electron chi connectivity index (χ3n) is 4.97. The van der Waals surface area contributed by atoms with E-state index >= 15 is 0 Å². The molecule has 0 bridgehead atoms. The second-order valence-electron chi connectivity index (χ2n) is 6.81. The summed E-state index contributed by atoms with van der Waals surface area (Å²) in [7, 11) is 1.70. The van der Waals surface area contributed by atoms with E-state index in [2.05, 4.69) is 34.9 Å². The lowest BCUT2D eigenvalue weighted by Crippen LogP contribution is -2.09. The summed E-state index contributed by atoms with van der Waals surface area (Å²) in [6, 6.07) is 2.65. The second kappa shape index (κ2) is 7.38. The largest absolute Gasteiger partial charge is 0.383 e. The van der Waals surface area contributed by atoms with Gasteiger partial charge in [0, 0.05) is 42.3 Å². The molecular weight excluding hydrogens is 334 g/mol. The smallest absolute Gasteiger partial charge is 0.175 e. The first-order valence-corrected chi connectivity index (χ1v) is 9.79. The van der Waals surface area contributed by atoms with Gasteiger partial charge < -0.3 is 13.9 Å². The number of aromatic nitrogens is 3. The van der Waals surface area contributed by atoms with Gasteiger partial charge in [0.1, 0.15) is 0 Å². The zero-order valence-electron chi connectivity index (χ0n) is 15.8. The molecule has 0 aromatic carbocycles. The van der Waals surface area contributed by atoms with Crippen molar-refractivity contribution in [3.05, 3.63) is 34.4 Å². The van der Waals surface area contributed by atoms with E-state index in [4.69, 9.17) is 4.74 Å². The maximum atomic E-state index is 12.8. The number of Topliss-reactive ketones (excluding diaryl/α,β-unsaturated/α-hetero) is 1. The Morgan fingerprint density at radius 3 is 2.64 bits per heavy atom. The number of ketones is 1. The molecule has 0 unspecified atom stereocenters. The average molecular weight is 362 g/mol. The fourth-order valence-electron chi connectivity index (χ4n) is 3.34. The van der Waals surface area contributed by atoms with Gasteiger partial charge in [0.15, 0.2) is 10.9 Å². The lowest BCUT2D eigenvalue weighted by atomic mass is 10.2. The number of methoxy groups -OCH3 is 1. The highest BCUT2D eigenvalue weighted by molar-refractivity contribution is 7.99. The zero-order chi connectivity index (χ0) is 18.1. The Bertz CT molecular complexity index is 787. The maximum Gasteiger partial charge on any atom is 0.175 e. The van der Waals surface area contributed by atoms with Gasteiger partial charge in [-0.05, 0) is 46.6 Å². The fraction of sp³-hybridized carbons (Fsp3) is 0.579. The van der Waals surface area contributed by atoms with Crippen LogP contribution in [0.3, 0.4) is 0 Å². The number of hydrogen-bond donors (Lipinski definition) is 0. The lowest BCUT2D eigenvalue weighted by Gasteiger charge is -2.09. The quantitative estimate of drug-likeness (QED) is 0.529. The van der Waals surface area contributed by atoms with Crippen molar-refractivity contribution >= 4 is 17.5 Å². The number of carbonyl (C=O) groups is 1. The summed E-state index contributed by atoms with van der Waals surface area (Å²) in [5.74, 6) is 0.597. The Balaban J connectivity index is 1.73. The standard InChI is InChI=1S/C19H27N3O2S/c1-12-10-17(15(4)22(12)16-6-7-16)18(23)11-25-19-20-13(2)14(3)21(19)8-9-24-5/h10,16H,6-9,11H2,1-5H3. The first-order valence-electron chi connectivity index (χ1n) is 8.81. The molecule has 2 aromatic rings. The predicted molar refractivity (Wildman–Crippen MR) is 101 cm³/mol. The molecule has 0 atom stereocenters. The van der Waals surface area contributed by atoms with Gasteiger partial charge in [-0.2, -0.15) is 0 Å². The highest BCUT2D eigenvalue weighted by atomic mass is 32.2. The van der Waals surface area contributed by atoms with Crippen LogP contribution in [0.4, 0.5) is 0 Å². The minimum atomic E-state index is 0.182. The van der Waals surface area contributed by atoms with Crippen LogP contribution in [0, 0.1) is 27.7 Å². The van der Waals surface area contributed by atoms with E-state index in [1.807, 2.05) is 13.0 Å². The molecule has 2 heterocycles. The van der Waals surface area contributed by atoms with Crippen LogP contribution in [-0.2, 0) is 11.3 Å². The van der Waals surface area contributed by atoms with Gasteiger partial charge in [-0.3, -0.25) is 4.79 Å². The number of nitrogens with zero attached hydrogens (tertiary/aromatic N) is 3. The summed E-state index contributed by atoms with van der Waals surface area (Å²) in [4.78, 5) is 17.4. The molecule has 0 N–H and O–H groups in total. The molecule has 25 heavy (non-hydrogen) atoms. The predicted octanol–water partition coefficient (Wildman–Crippen LogP) is 3.87. The molecule has 1 saturated carbocycles. The van der Waals surface area contributed by atoms with Gasteiger partial charge in [0.2, 0.25) is 0 Å². The summed E-state index contributed by atoms with van der Waals surface area (Å²) in [6.45, 7) is 9.63. The summed E-state index contributed by atoms with van der Waals surface area (Å²) < 4.78 is 9.66. The van der Waals surface area contributed by atoms with E-state index in [0.29, 0.717) is 18.4 Å². The van der Waals surface area contributed by atoms with Crippen molar-refractivity contribution in [3.63, 3.8) is 0 Å². The highest BCUT2D eigenvalue weighted by Gasteiger charge is 2.28. The SMILES string of the molecule is COCCn1c(SCC(=O)c2cc(C)n(C3CC3)c2C)nc(C)c1C. The monoisotopic (exact) mass is 361 g/mol. The summed E-state index contributed by atoms with van der Waals surface area (Å²) >= 11 is 1.52. The molecule has 0 saturated heterocycles. The molecule has 136 valence electrons. The van der Waals surface area contributed by atoms with Crippen molar-refractivity contribution < 1.29 is 9.53 Å². The number of aryl methyl sites for hydroxylation is 2. The number of hydrogen-bond acceptors (Lipinski definition) is 4. The van der Waals surface area contributed by atoms with Crippen molar-refractivity contribution in [2.75, 3.05) is 19.5 Å². The summed E-state index contributed by atoms with van der Waals surface area (Å²) in [5, 5.41) is 0.899. The van der Waals surface area contributed by atoms with Gasteiger partial charge in [0.05, 0.1) is 18.1 Å². The van der Waals surface area contributed by atoms with Gasteiger partial charge in [-0.25, -0.2) is 4.98 Å². The molecule has 0 radical (unpaired) electrons. The minimum Gasteiger partial charge on any atom is -0.383 e. The van der Waals surface area contributed by atoms with Crippen molar-refractivity contribution in [1.29, 1.82) is 0 Å². The van der Waals surface area contributed by atoms with Crippen molar-refractivity contribution in [1.82, 2.24) is 14.1 Å². The van der Waals surface area contributed by atoms with Crippen LogP contribution < -0.4 is 0 Å². The van der Waals surface area contributed by atoms with E-state index in [-0.39, 0.29) is 5.78 Å². The number of carbonyl (C=O) groups excluding carboxylic acids is 1. The topological polar surface area (TPSA) is 49.0 Å². The van der Waals surface area contributed by atoms with E-state index in [1.54, 1.807) is 7.11 Å². The second-order valence-corrected chi connectivity index (χ2v) is 7.75. The summed E-state index contributed by atoms with van der Waals surface area (Å²) in [6.07, 6.45) is 2.46. The molecular formula is C19H27N3O2S. The van der Waals surface area contributed by atoms with E-state index in [9.17, 15) is 4.79 Å². The van der Waals surface area contributed by atoms with Gasteiger partial charge in [0.25, 0.3) is 0 Å². The molecule has 0 aliphatic heterocycles. The normalized spacial score (nSPS) is 14.3. The molecule has 0 spiro atoms. The number of rotatable bonds is 8. The Hall–Kier alpha value is -1.53. The van der Waals surface area contributed by atoms with Crippen LogP contribution in [0.1, 0.15) is 52.0 Å². The van der Waals surface area contributed by atoms with Gasteiger partial charge in [-0.1, -0.05) is 11.8 Å². The average Bonchev–Trinajstić information content (AvgIpc) is 3.31. The lowest BCUT2D eigenvalue weighted by molar-refractivity contribution is 0.102. The fourth-order valence-corrected chi connectivity index (χ4v) is 4.34. The van der Waals surface area contributed by atoms with Crippen molar-refractivity contribution in [3.8, 4) is 0 Å². The molecule has 6 heteroatoms. The third-order valence-corrected chi connectivity index (χ3v) is 5.95. The third kappa shape index (κ3) is 3.70. The first-order chi connectivity index (χ1) is 11.9. The van der Waals surface area contributed by atoms with E-state index in [1.165, 1.54) is 30.3 Å². The minimum absolute atomic E-state index is 0.182.